The Balaban J connectivity index is 1.36. The second kappa shape index (κ2) is 8.57. The fraction of sp³-hybridized carbons (Fsp3) is 0.412. The maximum absolute atomic E-state index is 11.9. The molecule has 1 aliphatic heterocycles. The first-order chi connectivity index (χ1) is 12.2. The number of carbonyl (C=O) groups is 2. The zero-order valence-electron chi connectivity index (χ0n) is 13.9. The third kappa shape index (κ3) is 4.99. The Hall–Kier alpha value is -2.48. The number of amides is 2. The summed E-state index contributed by atoms with van der Waals surface area (Å²) in [5, 5.41) is 7.32. The Morgan fingerprint density at radius 1 is 1.20 bits per heavy atom. The fourth-order valence-electron chi connectivity index (χ4n) is 2.80. The van der Waals surface area contributed by atoms with Crippen LogP contribution in [0.4, 0.5) is 5.82 Å². The molecule has 0 radical (unpaired) electrons. The van der Waals surface area contributed by atoms with Crippen LogP contribution in [0.3, 0.4) is 0 Å². The summed E-state index contributed by atoms with van der Waals surface area (Å²) in [6.45, 7) is 2.67. The molecule has 2 N–H and O–H groups in total. The molecule has 2 aromatic heterocycles. The van der Waals surface area contributed by atoms with Crippen LogP contribution in [0.15, 0.2) is 36.1 Å². The SMILES string of the molecule is O=C(NCc1cccs1)C(=O)NCC1CCN(c2cnccn2)CC1. The van der Waals surface area contributed by atoms with E-state index in [0.717, 1.165) is 36.6 Å². The summed E-state index contributed by atoms with van der Waals surface area (Å²) in [5.41, 5.74) is 0. The van der Waals surface area contributed by atoms with Gasteiger partial charge in [-0.15, -0.1) is 11.3 Å². The molecular weight excluding hydrogens is 338 g/mol. The van der Waals surface area contributed by atoms with E-state index in [1.54, 1.807) is 29.9 Å². The highest BCUT2D eigenvalue weighted by atomic mass is 32.1. The normalized spacial score (nSPS) is 15.0. The summed E-state index contributed by atoms with van der Waals surface area (Å²) in [6, 6.07) is 3.84. The van der Waals surface area contributed by atoms with Gasteiger partial charge in [-0.05, 0) is 30.2 Å². The van der Waals surface area contributed by atoms with Crippen LogP contribution in [0.5, 0.6) is 0 Å². The third-order valence-electron chi connectivity index (χ3n) is 4.25. The first kappa shape index (κ1) is 17.3. The average Bonchev–Trinajstić information content (AvgIpc) is 3.19. The molecule has 0 atom stereocenters. The minimum absolute atomic E-state index is 0.377. The number of piperidine rings is 1. The van der Waals surface area contributed by atoms with E-state index >= 15 is 0 Å². The van der Waals surface area contributed by atoms with Crippen molar-refractivity contribution in [2.45, 2.75) is 19.4 Å². The predicted molar refractivity (Wildman–Crippen MR) is 96.1 cm³/mol. The highest BCUT2D eigenvalue weighted by Gasteiger charge is 2.22. The van der Waals surface area contributed by atoms with Gasteiger partial charge in [-0.1, -0.05) is 6.07 Å². The number of thiophene rings is 1. The van der Waals surface area contributed by atoms with Crippen molar-refractivity contribution in [3.63, 3.8) is 0 Å². The van der Waals surface area contributed by atoms with Crippen molar-refractivity contribution in [3.8, 4) is 0 Å². The zero-order valence-corrected chi connectivity index (χ0v) is 14.7. The molecule has 1 saturated heterocycles. The molecule has 3 rings (SSSR count). The van der Waals surface area contributed by atoms with Crippen LogP contribution in [-0.4, -0.2) is 41.4 Å². The molecule has 0 saturated carbocycles. The number of hydrogen-bond donors (Lipinski definition) is 2. The first-order valence-corrected chi connectivity index (χ1v) is 9.19. The van der Waals surface area contributed by atoms with E-state index in [1.165, 1.54) is 0 Å². The predicted octanol–water partition coefficient (Wildman–Crippen LogP) is 1.19. The third-order valence-corrected chi connectivity index (χ3v) is 5.13. The van der Waals surface area contributed by atoms with Gasteiger partial charge in [-0.3, -0.25) is 14.6 Å². The van der Waals surface area contributed by atoms with Gasteiger partial charge in [0.05, 0.1) is 12.7 Å². The van der Waals surface area contributed by atoms with Crippen LogP contribution in [0.25, 0.3) is 0 Å². The monoisotopic (exact) mass is 359 g/mol. The summed E-state index contributed by atoms with van der Waals surface area (Å²) in [7, 11) is 0. The van der Waals surface area contributed by atoms with E-state index in [1.807, 2.05) is 17.5 Å². The van der Waals surface area contributed by atoms with E-state index in [0.29, 0.717) is 19.0 Å². The molecule has 2 amide bonds. The lowest BCUT2D eigenvalue weighted by Gasteiger charge is -2.32. The minimum atomic E-state index is -0.578. The number of carbonyl (C=O) groups excluding carboxylic acids is 2. The zero-order chi connectivity index (χ0) is 17.5. The first-order valence-electron chi connectivity index (χ1n) is 8.32. The lowest BCUT2D eigenvalue weighted by atomic mass is 9.97. The van der Waals surface area contributed by atoms with Crippen molar-refractivity contribution in [1.82, 2.24) is 20.6 Å². The molecule has 0 aromatic carbocycles. The van der Waals surface area contributed by atoms with Gasteiger partial charge < -0.3 is 15.5 Å². The number of rotatable bonds is 5. The van der Waals surface area contributed by atoms with Crippen LogP contribution in [-0.2, 0) is 16.1 Å². The maximum Gasteiger partial charge on any atom is 0.309 e. The van der Waals surface area contributed by atoms with Crippen molar-refractivity contribution in [2.75, 3.05) is 24.5 Å². The molecule has 8 heteroatoms. The van der Waals surface area contributed by atoms with E-state index in [2.05, 4.69) is 25.5 Å². The van der Waals surface area contributed by atoms with Gasteiger partial charge in [0.2, 0.25) is 0 Å². The van der Waals surface area contributed by atoms with Gasteiger partial charge in [0, 0.05) is 36.9 Å². The Kier molecular flexibility index (Phi) is 5.95. The van der Waals surface area contributed by atoms with Gasteiger partial charge in [-0.25, -0.2) is 4.98 Å². The molecule has 132 valence electrons. The van der Waals surface area contributed by atoms with Crippen molar-refractivity contribution in [3.05, 3.63) is 41.0 Å². The van der Waals surface area contributed by atoms with Crippen molar-refractivity contribution in [2.24, 2.45) is 5.92 Å². The summed E-state index contributed by atoms with van der Waals surface area (Å²) >= 11 is 1.55. The van der Waals surface area contributed by atoms with Crippen LogP contribution in [0, 0.1) is 5.92 Å². The summed E-state index contributed by atoms with van der Waals surface area (Å²) < 4.78 is 0. The van der Waals surface area contributed by atoms with Gasteiger partial charge in [0.1, 0.15) is 5.82 Å². The molecule has 2 aromatic rings. The van der Waals surface area contributed by atoms with Crippen LogP contribution in [0.2, 0.25) is 0 Å². The van der Waals surface area contributed by atoms with Gasteiger partial charge in [0.25, 0.3) is 0 Å². The summed E-state index contributed by atoms with van der Waals surface area (Å²) in [5.74, 6) is 0.123. The molecule has 3 heterocycles. The van der Waals surface area contributed by atoms with Crippen molar-refractivity contribution in [1.29, 1.82) is 0 Å². The molecule has 7 nitrogen and oxygen atoms in total. The topological polar surface area (TPSA) is 87.2 Å². The number of aromatic nitrogens is 2. The number of hydrogen-bond acceptors (Lipinski definition) is 6. The van der Waals surface area contributed by atoms with E-state index in [9.17, 15) is 9.59 Å². The second-order valence-electron chi connectivity index (χ2n) is 5.97. The van der Waals surface area contributed by atoms with Gasteiger partial charge in [0.15, 0.2) is 0 Å². The number of nitrogens with zero attached hydrogens (tertiary/aromatic N) is 3. The standard InChI is InChI=1S/C17H21N5O2S/c23-16(17(24)21-11-14-2-1-9-25-14)20-10-13-3-7-22(8-4-13)15-12-18-5-6-19-15/h1-2,5-6,9,12-13H,3-4,7-8,10-11H2,(H,20,23)(H,21,24). The highest BCUT2D eigenvalue weighted by molar-refractivity contribution is 7.09. The number of nitrogens with one attached hydrogen (secondary N) is 2. The minimum Gasteiger partial charge on any atom is -0.355 e. The molecule has 1 fully saturated rings. The van der Waals surface area contributed by atoms with Crippen LogP contribution < -0.4 is 15.5 Å². The Morgan fingerprint density at radius 2 is 2.00 bits per heavy atom. The van der Waals surface area contributed by atoms with Crippen LogP contribution in [0.1, 0.15) is 17.7 Å². The Morgan fingerprint density at radius 3 is 2.68 bits per heavy atom. The molecule has 1 aliphatic rings. The van der Waals surface area contributed by atoms with Gasteiger partial charge in [-0.2, -0.15) is 0 Å². The lowest BCUT2D eigenvalue weighted by molar-refractivity contribution is -0.139. The number of anilines is 1. The molecule has 0 spiro atoms. The molecule has 0 aliphatic carbocycles. The van der Waals surface area contributed by atoms with E-state index in [-0.39, 0.29) is 0 Å². The summed E-state index contributed by atoms with van der Waals surface area (Å²) in [4.78, 5) is 35.3. The largest absolute Gasteiger partial charge is 0.355 e. The smallest absolute Gasteiger partial charge is 0.309 e. The van der Waals surface area contributed by atoms with Gasteiger partial charge >= 0.3 is 11.8 Å². The van der Waals surface area contributed by atoms with Crippen molar-refractivity contribution < 1.29 is 9.59 Å². The molecule has 0 unspecified atom stereocenters. The highest BCUT2D eigenvalue weighted by Crippen LogP contribution is 2.20. The van der Waals surface area contributed by atoms with E-state index in [4.69, 9.17) is 0 Å². The van der Waals surface area contributed by atoms with E-state index < -0.39 is 11.8 Å². The molecular formula is C17H21N5O2S. The fourth-order valence-corrected chi connectivity index (χ4v) is 3.44. The maximum atomic E-state index is 11.9. The average molecular weight is 359 g/mol. The Bertz CT molecular complexity index is 684. The molecule has 0 bridgehead atoms. The Labute approximate surface area is 150 Å². The van der Waals surface area contributed by atoms with Crippen LogP contribution >= 0.6 is 11.3 Å². The molecule has 25 heavy (non-hydrogen) atoms. The second-order valence-corrected chi connectivity index (χ2v) is 7.00. The lowest BCUT2D eigenvalue weighted by Crippen LogP contribution is -2.43. The summed E-state index contributed by atoms with van der Waals surface area (Å²) in [6.07, 6.45) is 7.02. The van der Waals surface area contributed by atoms with Crippen molar-refractivity contribution >= 4 is 29.0 Å². The quantitative estimate of drug-likeness (QED) is 0.783.